The van der Waals surface area contributed by atoms with Crippen LogP contribution in [0.1, 0.15) is 31.6 Å². The third-order valence-corrected chi connectivity index (χ3v) is 2.21. The number of rotatable bonds is 5. The van der Waals surface area contributed by atoms with Crippen LogP contribution in [0.15, 0.2) is 6.20 Å². The molecule has 5 nitrogen and oxygen atoms in total. The zero-order valence-electron chi connectivity index (χ0n) is 9.73. The normalized spacial score (nSPS) is 13.2. The van der Waals surface area contributed by atoms with Crippen LogP contribution in [-0.2, 0) is 4.74 Å². The maximum atomic E-state index is 6.00. The minimum Gasteiger partial charge on any atom is -0.493 e. The van der Waals surface area contributed by atoms with E-state index in [9.17, 15) is 0 Å². The first-order chi connectivity index (χ1) is 7.11. The molecule has 1 aromatic rings. The summed E-state index contributed by atoms with van der Waals surface area (Å²) in [5.74, 6) is 0.716. The van der Waals surface area contributed by atoms with Crippen molar-refractivity contribution in [2.75, 3.05) is 20.8 Å². The molecule has 0 fully saturated rings. The fourth-order valence-corrected chi connectivity index (χ4v) is 1.54. The van der Waals surface area contributed by atoms with Crippen LogP contribution in [0.4, 0.5) is 0 Å². The summed E-state index contributed by atoms with van der Waals surface area (Å²) < 4.78 is 12.1. The van der Waals surface area contributed by atoms with Gasteiger partial charge in [0.2, 0.25) is 0 Å². The molecule has 0 aliphatic rings. The molecule has 0 radical (unpaired) electrons. The topological polar surface area (TPSA) is 62.3 Å². The molecule has 0 aliphatic heterocycles. The Labute approximate surface area is 90.2 Å². The summed E-state index contributed by atoms with van der Waals surface area (Å²) in [6, 6.07) is 0.0432. The molecule has 86 valence electrons. The summed E-state index contributed by atoms with van der Waals surface area (Å²) in [7, 11) is 3.24. The first kappa shape index (κ1) is 12.0. The highest BCUT2D eigenvalue weighted by molar-refractivity contribution is 5.28. The highest BCUT2D eigenvalue weighted by atomic mass is 16.5. The van der Waals surface area contributed by atoms with E-state index in [0.717, 1.165) is 5.69 Å². The lowest BCUT2D eigenvalue weighted by atomic mass is 10.2. The molecule has 1 atom stereocenters. The highest BCUT2D eigenvalue weighted by Crippen LogP contribution is 2.26. The number of hydrogen-bond acceptors (Lipinski definition) is 4. The number of methoxy groups -OCH3 is 2. The Morgan fingerprint density at radius 3 is 2.60 bits per heavy atom. The number of aromatic nitrogens is 2. The van der Waals surface area contributed by atoms with Gasteiger partial charge in [0.15, 0.2) is 5.75 Å². The lowest BCUT2D eigenvalue weighted by Crippen LogP contribution is -2.22. The monoisotopic (exact) mass is 213 g/mol. The van der Waals surface area contributed by atoms with Gasteiger partial charge in [-0.2, -0.15) is 5.10 Å². The largest absolute Gasteiger partial charge is 0.493 e. The van der Waals surface area contributed by atoms with E-state index in [1.54, 1.807) is 20.4 Å². The van der Waals surface area contributed by atoms with Crippen molar-refractivity contribution in [2.24, 2.45) is 5.73 Å². The van der Waals surface area contributed by atoms with E-state index in [2.05, 4.69) is 18.9 Å². The Morgan fingerprint density at radius 2 is 2.13 bits per heavy atom. The predicted molar refractivity (Wildman–Crippen MR) is 58.0 cm³/mol. The summed E-state index contributed by atoms with van der Waals surface area (Å²) in [5, 5.41) is 4.25. The molecular weight excluding hydrogens is 194 g/mol. The molecule has 0 amide bonds. The highest BCUT2D eigenvalue weighted by Gasteiger charge is 2.19. The van der Waals surface area contributed by atoms with Crippen LogP contribution in [-0.4, -0.2) is 30.6 Å². The minimum atomic E-state index is -0.213. The van der Waals surface area contributed by atoms with Crippen molar-refractivity contribution in [1.29, 1.82) is 0 Å². The van der Waals surface area contributed by atoms with Crippen LogP contribution in [0.3, 0.4) is 0 Å². The molecule has 15 heavy (non-hydrogen) atoms. The number of hydrogen-bond donors (Lipinski definition) is 1. The first-order valence-corrected chi connectivity index (χ1v) is 4.97. The number of nitrogens with zero attached hydrogens (tertiary/aromatic N) is 2. The maximum absolute atomic E-state index is 6.00. The standard InChI is InChI=1S/C10H19N3O2/c1-7(2)13-10(8(11)6-14-3)9(15-4)5-12-13/h5,7-8H,6,11H2,1-4H3. The fraction of sp³-hybridized carbons (Fsp3) is 0.700. The Hall–Kier alpha value is -1.07. The van der Waals surface area contributed by atoms with Crippen LogP contribution in [0.25, 0.3) is 0 Å². The second-order valence-electron chi connectivity index (χ2n) is 3.70. The van der Waals surface area contributed by atoms with Crippen LogP contribution in [0.5, 0.6) is 5.75 Å². The predicted octanol–water partition coefficient (Wildman–Crippen LogP) is 1.12. The average molecular weight is 213 g/mol. The molecule has 1 heterocycles. The lowest BCUT2D eigenvalue weighted by Gasteiger charge is -2.17. The van der Waals surface area contributed by atoms with Gasteiger partial charge >= 0.3 is 0 Å². The second-order valence-corrected chi connectivity index (χ2v) is 3.70. The third kappa shape index (κ3) is 2.49. The summed E-state index contributed by atoms with van der Waals surface area (Å²) in [5.41, 5.74) is 6.88. The minimum absolute atomic E-state index is 0.213. The van der Waals surface area contributed by atoms with Gasteiger partial charge in [-0.3, -0.25) is 4.68 Å². The molecule has 1 aromatic heterocycles. The van der Waals surface area contributed by atoms with Crippen molar-refractivity contribution in [2.45, 2.75) is 25.9 Å². The lowest BCUT2D eigenvalue weighted by molar-refractivity contribution is 0.175. The van der Waals surface area contributed by atoms with Crippen LogP contribution in [0.2, 0.25) is 0 Å². The first-order valence-electron chi connectivity index (χ1n) is 4.97. The van der Waals surface area contributed by atoms with E-state index in [1.807, 2.05) is 4.68 Å². The molecular formula is C10H19N3O2. The van der Waals surface area contributed by atoms with Crippen molar-refractivity contribution in [3.8, 4) is 5.75 Å². The fourth-order valence-electron chi connectivity index (χ4n) is 1.54. The van der Waals surface area contributed by atoms with Gasteiger partial charge in [0.1, 0.15) is 0 Å². The zero-order chi connectivity index (χ0) is 11.4. The molecule has 2 N–H and O–H groups in total. The van der Waals surface area contributed by atoms with Crippen LogP contribution < -0.4 is 10.5 Å². The summed E-state index contributed by atoms with van der Waals surface area (Å²) >= 11 is 0. The summed E-state index contributed by atoms with van der Waals surface area (Å²) in [4.78, 5) is 0. The molecule has 0 saturated heterocycles. The van der Waals surface area contributed by atoms with Crippen molar-refractivity contribution < 1.29 is 9.47 Å². The summed E-state index contributed by atoms with van der Waals surface area (Å²) in [6.45, 7) is 4.56. The van der Waals surface area contributed by atoms with E-state index in [1.165, 1.54) is 0 Å². The molecule has 0 saturated carbocycles. The third-order valence-electron chi connectivity index (χ3n) is 2.21. The maximum Gasteiger partial charge on any atom is 0.161 e. The Morgan fingerprint density at radius 1 is 1.47 bits per heavy atom. The molecule has 0 aliphatic carbocycles. The molecule has 5 heteroatoms. The van der Waals surface area contributed by atoms with Crippen molar-refractivity contribution in [1.82, 2.24) is 9.78 Å². The number of ether oxygens (including phenoxy) is 2. The van der Waals surface area contributed by atoms with E-state index in [4.69, 9.17) is 15.2 Å². The molecule has 0 bridgehead atoms. The second kappa shape index (κ2) is 5.14. The van der Waals surface area contributed by atoms with E-state index < -0.39 is 0 Å². The Kier molecular flexibility index (Phi) is 4.11. The van der Waals surface area contributed by atoms with E-state index in [0.29, 0.717) is 12.4 Å². The average Bonchev–Trinajstić information content (AvgIpc) is 2.61. The van der Waals surface area contributed by atoms with E-state index >= 15 is 0 Å². The molecule has 1 unspecified atom stereocenters. The van der Waals surface area contributed by atoms with Crippen molar-refractivity contribution in [3.63, 3.8) is 0 Å². The SMILES string of the molecule is COCC(N)c1c(OC)cnn1C(C)C. The van der Waals surface area contributed by atoms with Gasteiger partial charge in [0.05, 0.1) is 31.6 Å². The molecule has 1 rings (SSSR count). The smallest absolute Gasteiger partial charge is 0.161 e. The van der Waals surface area contributed by atoms with Crippen molar-refractivity contribution >= 4 is 0 Å². The van der Waals surface area contributed by atoms with Crippen LogP contribution >= 0.6 is 0 Å². The molecule has 0 spiro atoms. The van der Waals surface area contributed by atoms with Crippen LogP contribution in [0, 0.1) is 0 Å². The summed E-state index contributed by atoms with van der Waals surface area (Å²) in [6.07, 6.45) is 1.69. The Bertz CT molecular complexity index is 310. The van der Waals surface area contributed by atoms with E-state index in [-0.39, 0.29) is 12.1 Å². The molecule has 0 aromatic carbocycles. The van der Waals surface area contributed by atoms with Gasteiger partial charge in [-0.25, -0.2) is 0 Å². The number of nitrogens with two attached hydrogens (primary N) is 1. The van der Waals surface area contributed by atoms with Gasteiger partial charge in [0, 0.05) is 13.2 Å². The van der Waals surface area contributed by atoms with Crippen molar-refractivity contribution in [3.05, 3.63) is 11.9 Å². The zero-order valence-corrected chi connectivity index (χ0v) is 9.73. The quantitative estimate of drug-likeness (QED) is 0.796. The van der Waals surface area contributed by atoms with Gasteiger partial charge in [0.25, 0.3) is 0 Å². The van der Waals surface area contributed by atoms with Gasteiger partial charge in [-0.05, 0) is 13.8 Å². The van der Waals surface area contributed by atoms with Gasteiger partial charge < -0.3 is 15.2 Å². The van der Waals surface area contributed by atoms with Gasteiger partial charge in [-0.15, -0.1) is 0 Å². The Balaban J connectivity index is 3.04. The van der Waals surface area contributed by atoms with Gasteiger partial charge in [-0.1, -0.05) is 0 Å².